The maximum Gasteiger partial charge on any atom is 0.472 e. The maximum absolute atomic E-state index is 12.7. The first kappa shape index (κ1) is 67.5. The molecule has 0 heterocycles. The number of carbonyl (C=O) groups excluding carboxylic acids is 2. The lowest BCUT2D eigenvalue weighted by Crippen LogP contribution is -2.29. The molecule has 0 aromatic carbocycles. The predicted molar refractivity (Wildman–Crippen MR) is 298 cm³/mol. The molecular weight excluding hydrogens is 894 g/mol. The second-order valence-electron chi connectivity index (χ2n) is 19.1. The molecule has 0 fully saturated rings. The van der Waals surface area contributed by atoms with E-state index in [1.54, 1.807) is 0 Å². The van der Waals surface area contributed by atoms with Crippen LogP contribution in [0.3, 0.4) is 0 Å². The topological polar surface area (TPSA) is 134 Å². The van der Waals surface area contributed by atoms with Crippen LogP contribution >= 0.6 is 7.82 Å². The molecule has 0 saturated heterocycles. The normalized spacial score (nSPS) is 13.6. The zero-order chi connectivity index (χ0) is 51.0. The second kappa shape index (κ2) is 55.8. The highest BCUT2D eigenvalue weighted by molar-refractivity contribution is 7.47. The molecule has 2 unspecified atom stereocenters. The zero-order valence-electron chi connectivity index (χ0n) is 45.2. The van der Waals surface area contributed by atoms with Crippen LogP contribution in [-0.2, 0) is 32.7 Å². The van der Waals surface area contributed by atoms with Crippen molar-refractivity contribution in [3.05, 3.63) is 72.9 Å². The molecule has 0 spiro atoms. The Morgan fingerprint density at radius 1 is 0.443 bits per heavy atom. The Bertz CT molecular complexity index is 1370. The van der Waals surface area contributed by atoms with E-state index in [0.29, 0.717) is 6.42 Å². The molecule has 0 aliphatic carbocycles. The highest BCUT2D eigenvalue weighted by Gasteiger charge is 2.26. The second-order valence-corrected chi connectivity index (χ2v) is 20.6. The molecule has 0 aliphatic rings. The van der Waals surface area contributed by atoms with Crippen molar-refractivity contribution in [3.63, 3.8) is 0 Å². The molecular formula is C60H108NO8P. The van der Waals surface area contributed by atoms with Gasteiger partial charge in [-0.3, -0.25) is 18.6 Å². The molecule has 406 valence electrons. The minimum absolute atomic E-state index is 0.0466. The van der Waals surface area contributed by atoms with Crippen LogP contribution < -0.4 is 5.73 Å². The smallest absolute Gasteiger partial charge is 0.462 e. The molecule has 0 aromatic heterocycles. The number of allylic oxidation sites excluding steroid dienone is 12. The molecule has 0 aliphatic heterocycles. The van der Waals surface area contributed by atoms with Crippen LogP contribution in [0.15, 0.2) is 72.9 Å². The fraction of sp³-hybridized carbons (Fsp3) is 0.767. The molecule has 0 radical (unpaired) electrons. The molecule has 0 bridgehead atoms. The average molecular weight is 1000 g/mol. The highest BCUT2D eigenvalue weighted by atomic mass is 31.2. The number of carbonyl (C=O) groups is 2. The molecule has 0 saturated carbocycles. The summed E-state index contributed by atoms with van der Waals surface area (Å²) < 4.78 is 33.0. The summed E-state index contributed by atoms with van der Waals surface area (Å²) in [6.07, 6.45) is 71.0. The van der Waals surface area contributed by atoms with E-state index in [-0.39, 0.29) is 38.6 Å². The minimum Gasteiger partial charge on any atom is -0.462 e. The Morgan fingerprint density at radius 2 is 0.786 bits per heavy atom. The van der Waals surface area contributed by atoms with Gasteiger partial charge in [0, 0.05) is 19.4 Å². The summed E-state index contributed by atoms with van der Waals surface area (Å²) in [5.74, 6) is -0.850. The fourth-order valence-corrected chi connectivity index (χ4v) is 8.88. The van der Waals surface area contributed by atoms with E-state index >= 15 is 0 Å². The van der Waals surface area contributed by atoms with Crippen LogP contribution in [0.5, 0.6) is 0 Å². The van der Waals surface area contributed by atoms with E-state index < -0.39 is 26.5 Å². The van der Waals surface area contributed by atoms with Gasteiger partial charge in [0.1, 0.15) is 6.61 Å². The van der Waals surface area contributed by atoms with Crippen molar-refractivity contribution in [1.29, 1.82) is 0 Å². The average Bonchev–Trinajstić information content (AvgIpc) is 3.35. The Morgan fingerprint density at radius 3 is 1.17 bits per heavy atom. The molecule has 2 atom stereocenters. The quantitative estimate of drug-likeness (QED) is 0.0264. The number of esters is 2. The third-order valence-electron chi connectivity index (χ3n) is 12.4. The van der Waals surface area contributed by atoms with Gasteiger partial charge in [-0.05, 0) is 64.2 Å². The SMILES string of the molecule is CC/C=C\C/C=C\C/C=C\C/C=C\C/C=C\C/C=C\CCCCCCC(=O)OC(COC(=O)CCCCCCCCCCCCCCCCCCCCCCCCCCCC)COP(=O)(O)OCCN. The van der Waals surface area contributed by atoms with Crippen molar-refractivity contribution < 1.29 is 37.6 Å². The molecule has 0 rings (SSSR count). The lowest BCUT2D eigenvalue weighted by Gasteiger charge is -2.19. The molecule has 0 amide bonds. The van der Waals surface area contributed by atoms with Gasteiger partial charge >= 0.3 is 19.8 Å². The summed E-state index contributed by atoms with van der Waals surface area (Å²) in [4.78, 5) is 35.2. The lowest BCUT2D eigenvalue weighted by atomic mass is 10.0. The van der Waals surface area contributed by atoms with Crippen LogP contribution in [0.25, 0.3) is 0 Å². The maximum atomic E-state index is 12.7. The van der Waals surface area contributed by atoms with Gasteiger partial charge in [0.2, 0.25) is 0 Å². The number of rotatable bonds is 54. The predicted octanol–water partition coefficient (Wildman–Crippen LogP) is 18.1. The molecule has 3 N–H and O–H groups in total. The third kappa shape index (κ3) is 54.8. The van der Waals surface area contributed by atoms with E-state index in [1.807, 2.05) is 0 Å². The van der Waals surface area contributed by atoms with Crippen molar-refractivity contribution >= 4 is 19.8 Å². The number of phosphoric acid groups is 1. The van der Waals surface area contributed by atoms with Gasteiger partial charge in [-0.25, -0.2) is 4.57 Å². The van der Waals surface area contributed by atoms with Crippen LogP contribution in [0.4, 0.5) is 0 Å². The van der Waals surface area contributed by atoms with Crippen molar-refractivity contribution in [2.75, 3.05) is 26.4 Å². The highest BCUT2D eigenvalue weighted by Crippen LogP contribution is 2.43. The first-order chi connectivity index (χ1) is 34.3. The van der Waals surface area contributed by atoms with Gasteiger partial charge in [-0.1, -0.05) is 260 Å². The Kier molecular flexibility index (Phi) is 53.7. The molecule has 70 heavy (non-hydrogen) atoms. The minimum atomic E-state index is -4.40. The van der Waals surface area contributed by atoms with E-state index in [0.717, 1.165) is 83.5 Å². The van der Waals surface area contributed by atoms with Crippen molar-refractivity contribution in [2.45, 2.75) is 270 Å². The number of ether oxygens (including phenoxy) is 2. The fourth-order valence-electron chi connectivity index (χ4n) is 8.11. The zero-order valence-corrected chi connectivity index (χ0v) is 46.1. The number of hydrogen-bond donors (Lipinski definition) is 2. The summed E-state index contributed by atoms with van der Waals surface area (Å²) in [5.41, 5.74) is 5.38. The van der Waals surface area contributed by atoms with Gasteiger partial charge < -0.3 is 20.1 Å². The lowest BCUT2D eigenvalue weighted by molar-refractivity contribution is -0.161. The van der Waals surface area contributed by atoms with Crippen LogP contribution in [-0.4, -0.2) is 49.3 Å². The Labute approximate surface area is 431 Å². The third-order valence-corrected chi connectivity index (χ3v) is 13.3. The van der Waals surface area contributed by atoms with E-state index in [4.69, 9.17) is 24.3 Å². The molecule has 10 heteroatoms. The number of unbranched alkanes of at least 4 members (excludes halogenated alkanes) is 29. The largest absolute Gasteiger partial charge is 0.472 e. The first-order valence-corrected chi connectivity index (χ1v) is 30.4. The number of hydrogen-bond acceptors (Lipinski definition) is 8. The molecule has 9 nitrogen and oxygen atoms in total. The van der Waals surface area contributed by atoms with Gasteiger partial charge in [0.15, 0.2) is 6.10 Å². The van der Waals surface area contributed by atoms with Crippen LogP contribution in [0.1, 0.15) is 264 Å². The van der Waals surface area contributed by atoms with Gasteiger partial charge in [0.05, 0.1) is 13.2 Å². The summed E-state index contributed by atoms with van der Waals surface area (Å²) in [7, 11) is -4.40. The van der Waals surface area contributed by atoms with E-state index in [2.05, 4.69) is 86.8 Å². The van der Waals surface area contributed by atoms with Crippen molar-refractivity contribution in [3.8, 4) is 0 Å². The monoisotopic (exact) mass is 1000 g/mol. The standard InChI is InChI=1S/C60H108NO8P/c1-3-5-7-9-11-13-15-17-19-21-23-25-27-28-29-31-32-34-36-38-40-42-44-46-48-50-52-59(62)66-56-58(57-68-70(64,65)67-55-54-61)69-60(63)53-51-49-47-45-43-41-39-37-35-33-30-26-24-22-20-18-16-14-12-10-8-6-4-2/h6,8,12,14,18,20,24,26,33,35,39,41,58H,3-5,7,9-11,13,15-17,19,21-23,25,27-32,34,36-38,40,42-57,61H2,1-2H3,(H,64,65)/b8-6-,14-12-,20-18-,26-24-,35-33-,41-39-. The molecule has 0 aromatic rings. The number of phosphoric ester groups is 1. The van der Waals surface area contributed by atoms with E-state index in [9.17, 15) is 19.0 Å². The first-order valence-electron chi connectivity index (χ1n) is 28.9. The van der Waals surface area contributed by atoms with Gasteiger partial charge in [-0.15, -0.1) is 0 Å². The summed E-state index contributed by atoms with van der Waals surface area (Å²) in [5, 5.41) is 0. The summed E-state index contributed by atoms with van der Waals surface area (Å²) >= 11 is 0. The van der Waals surface area contributed by atoms with Crippen LogP contribution in [0, 0.1) is 0 Å². The van der Waals surface area contributed by atoms with Gasteiger partial charge in [0.25, 0.3) is 0 Å². The summed E-state index contributed by atoms with van der Waals surface area (Å²) in [6, 6.07) is 0. The van der Waals surface area contributed by atoms with Crippen molar-refractivity contribution in [1.82, 2.24) is 0 Å². The van der Waals surface area contributed by atoms with Crippen LogP contribution in [0.2, 0.25) is 0 Å². The van der Waals surface area contributed by atoms with Crippen molar-refractivity contribution in [2.24, 2.45) is 5.73 Å². The van der Waals surface area contributed by atoms with Gasteiger partial charge in [-0.2, -0.15) is 0 Å². The van der Waals surface area contributed by atoms with E-state index in [1.165, 1.54) is 148 Å². The summed E-state index contributed by atoms with van der Waals surface area (Å²) in [6.45, 7) is 3.63. The Balaban J connectivity index is 4.01. The Hall–Kier alpha value is -2.55. The number of nitrogens with two attached hydrogens (primary N) is 1.